The summed E-state index contributed by atoms with van der Waals surface area (Å²) in [6.07, 6.45) is -0.969. The lowest BCUT2D eigenvalue weighted by Crippen LogP contribution is -1.93. The summed E-state index contributed by atoms with van der Waals surface area (Å²) in [5, 5.41) is 0. The monoisotopic (exact) mass is 221 g/mol. The van der Waals surface area contributed by atoms with Gasteiger partial charge in [-0.25, -0.2) is 8.78 Å². The lowest BCUT2D eigenvalue weighted by Gasteiger charge is -2.04. The highest BCUT2D eigenvalue weighted by Gasteiger charge is 2.14. The van der Waals surface area contributed by atoms with Crippen molar-refractivity contribution < 1.29 is 8.78 Å². The normalized spacial score (nSPS) is 10.6. The highest BCUT2D eigenvalue weighted by molar-refractivity contribution is 9.10. The number of hydrogen-bond donors (Lipinski definition) is 0. The molecule has 1 rings (SSSR count). The molecule has 1 heterocycles. The van der Waals surface area contributed by atoms with E-state index < -0.39 is 6.43 Å². The van der Waals surface area contributed by atoms with Gasteiger partial charge in [-0.05, 0) is 13.0 Å². The van der Waals surface area contributed by atoms with Gasteiger partial charge >= 0.3 is 0 Å². The van der Waals surface area contributed by atoms with Crippen LogP contribution in [0.2, 0.25) is 0 Å². The lowest BCUT2D eigenvalue weighted by molar-refractivity contribution is 0.149. The summed E-state index contributed by atoms with van der Waals surface area (Å²) in [6, 6.07) is 1.51. The molecule has 0 N–H and O–H groups in total. The second-order valence-electron chi connectivity index (χ2n) is 2.09. The fourth-order valence-corrected chi connectivity index (χ4v) is 1.39. The molecule has 0 amide bonds. The number of alkyl halides is 2. The second-order valence-corrected chi connectivity index (χ2v) is 2.95. The van der Waals surface area contributed by atoms with E-state index in [1.807, 2.05) is 0 Å². The van der Waals surface area contributed by atoms with E-state index in [-0.39, 0.29) is 5.56 Å². The summed E-state index contributed by atoms with van der Waals surface area (Å²) in [4.78, 5) is 3.75. The molecule has 1 nitrogen and oxygen atoms in total. The van der Waals surface area contributed by atoms with Crippen LogP contribution in [-0.2, 0) is 0 Å². The Balaban J connectivity index is 3.21. The Morgan fingerprint density at radius 1 is 1.55 bits per heavy atom. The van der Waals surface area contributed by atoms with Gasteiger partial charge < -0.3 is 0 Å². The fourth-order valence-electron chi connectivity index (χ4n) is 0.809. The van der Waals surface area contributed by atoms with Gasteiger partial charge in [-0.2, -0.15) is 0 Å². The van der Waals surface area contributed by atoms with E-state index in [4.69, 9.17) is 0 Å². The Labute approximate surface area is 71.6 Å². The number of hydrogen-bond acceptors (Lipinski definition) is 1. The highest BCUT2D eigenvalue weighted by Crippen LogP contribution is 2.28. The van der Waals surface area contributed by atoms with Crippen LogP contribution in [0.15, 0.2) is 16.7 Å². The molecule has 0 atom stereocenters. The van der Waals surface area contributed by atoms with Crippen LogP contribution in [0.3, 0.4) is 0 Å². The predicted octanol–water partition coefficient (Wildman–Crippen LogP) is 3.09. The van der Waals surface area contributed by atoms with Crippen molar-refractivity contribution in [2.75, 3.05) is 0 Å². The van der Waals surface area contributed by atoms with Gasteiger partial charge in [0.15, 0.2) is 0 Å². The van der Waals surface area contributed by atoms with Gasteiger partial charge in [-0.1, -0.05) is 15.9 Å². The van der Waals surface area contributed by atoms with Crippen molar-refractivity contribution in [1.29, 1.82) is 0 Å². The summed E-state index contributed by atoms with van der Waals surface area (Å²) in [7, 11) is 0. The summed E-state index contributed by atoms with van der Waals surface area (Å²) < 4.78 is 24.9. The quantitative estimate of drug-likeness (QED) is 0.711. The van der Waals surface area contributed by atoms with Gasteiger partial charge in [0.1, 0.15) is 0 Å². The van der Waals surface area contributed by atoms with Crippen molar-refractivity contribution in [3.8, 4) is 0 Å². The maximum absolute atomic E-state index is 12.2. The Bertz CT molecular complexity index is 242. The third kappa shape index (κ3) is 1.74. The average Bonchev–Trinajstić information content (AvgIpc) is 1.85. The van der Waals surface area contributed by atoms with Crippen LogP contribution in [0.4, 0.5) is 8.78 Å². The van der Waals surface area contributed by atoms with Crippen molar-refractivity contribution in [1.82, 2.24) is 4.98 Å². The first-order chi connectivity index (χ1) is 5.13. The minimum atomic E-state index is -2.46. The molecular weight excluding hydrogens is 216 g/mol. The SMILES string of the molecule is Cc1nccc(Br)c1C(F)F. The van der Waals surface area contributed by atoms with Gasteiger partial charge in [0, 0.05) is 16.4 Å². The third-order valence-corrected chi connectivity index (χ3v) is 2.05. The number of halogens is 3. The molecule has 60 valence electrons. The number of aryl methyl sites for hydroxylation is 1. The first kappa shape index (κ1) is 8.59. The summed E-state index contributed by atoms with van der Waals surface area (Å²) >= 11 is 3.03. The Morgan fingerprint density at radius 3 is 2.55 bits per heavy atom. The molecule has 0 radical (unpaired) electrons. The smallest absolute Gasteiger partial charge is 0.261 e. The molecule has 0 aromatic carbocycles. The van der Waals surface area contributed by atoms with E-state index >= 15 is 0 Å². The molecule has 1 aromatic rings. The minimum absolute atomic E-state index is 0.0208. The number of rotatable bonds is 1. The zero-order valence-corrected chi connectivity index (χ0v) is 7.40. The molecule has 0 aliphatic rings. The predicted molar refractivity (Wildman–Crippen MR) is 41.6 cm³/mol. The third-order valence-electron chi connectivity index (χ3n) is 1.35. The molecule has 4 heteroatoms. The van der Waals surface area contributed by atoms with E-state index in [9.17, 15) is 8.78 Å². The van der Waals surface area contributed by atoms with E-state index in [1.54, 1.807) is 6.92 Å². The highest BCUT2D eigenvalue weighted by atomic mass is 79.9. The van der Waals surface area contributed by atoms with Crippen LogP contribution in [0.5, 0.6) is 0 Å². The van der Waals surface area contributed by atoms with E-state index in [1.165, 1.54) is 12.3 Å². The van der Waals surface area contributed by atoms with E-state index in [0.717, 1.165) is 0 Å². The second kappa shape index (κ2) is 3.26. The van der Waals surface area contributed by atoms with Gasteiger partial charge in [-0.3, -0.25) is 4.98 Å². The number of nitrogens with zero attached hydrogens (tertiary/aromatic N) is 1. The van der Waals surface area contributed by atoms with E-state index in [0.29, 0.717) is 10.2 Å². The zero-order valence-electron chi connectivity index (χ0n) is 5.81. The van der Waals surface area contributed by atoms with Crippen molar-refractivity contribution in [3.05, 3.63) is 28.0 Å². The zero-order chi connectivity index (χ0) is 8.43. The van der Waals surface area contributed by atoms with Gasteiger partial charge in [0.2, 0.25) is 0 Å². The molecule has 0 saturated carbocycles. The molecule has 1 aromatic heterocycles. The molecule has 11 heavy (non-hydrogen) atoms. The van der Waals surface area contributed by atoms with Gasteiger partial charge in [0.25, 0.3) is 6.43 Å². The van der Waals surface area contributed by atoms with E-state index in [2.05, 4.69) is 20.9 Å². The van der Waals surface area contributed by atoms with Crippen molar-refractivity contribution >= 4 is 15.9 Å². The summed E-state index contributed by atoms with van der Waals surface area (Å²) in [5.41, 5.74) is 0.349. The molecule has 0 aliphatic carbocycles. The number of aromatic nitrogens is 1. The standard InChI is InChI=1S/C7H6BrF2N/c1-4-6(7(9)10)5(8)2-3-11-4/h2-3,7H,1H3. The van der Waals surface area contributed by atoms with Crippen LogP contribution >= 0.6 is 15.9 Å². The first-order valence-electron chi connectivity index (χ1n) is 3.02. The summed E-state index contributed by atoms with van der Waals surface area (Å²) in [6.45, 7) is 1.56. The Morgan fingerprint density at radius 2 is 2.18 bits per heavy atom. The van der Waals surface area contributed by atoms with Crippen LogP contribution < -0.4 is 0 Å². The van der Waals surface area contributed by atoms with Crippen molar-refractivity contribution in [3.63, 3.8) is 0 Å². The van der Waals surface area contributed by atoms with Crippen LogP contribution in [0.1, 0.15) is 17.7 Å². The molecule has 0 spiro atoms. The Hall–Kier alpha value is -0.510. The summed E-state index contributed by atoms with van der Waals surface area (Å²) in [5.74, 6) is 0. The molecule has 0 aliphatic heterocycles. The molecular formula is C7H6BrF2N. The van der Waals surface area contributed by atoms with Gasteiger partial charge in [0.05, 0.1) is 5.56 Å². The topological polar surface area (TPSA) is 12.9 Å². The molecule has 0 bridgehead atoms. The fraction of sp³-hybridized carbons (Fsp3) is 0.286. The van der Waals surface area contributed by atoms with Crippen LogP contribution in [0, 0.1) is 6.92 Å². The maximum atomic E-state index is 12.2. The lowest BCUT2D eigenvalue weighted by atomic mass is 10.2. The van der Waals surface area contributed by atoms with Crippen molar-refractivity contribution in [2.24, 2.45) is 0 Å². The largest absolute Gasteiger partial charge is 0.266 e. The number of pyridine rings is 1. The minimum Gasteiger partial charge on any atom is -0.261 e. The molecule has 0 fully saturated rings. The van der Waals surface area contributed by atoms with Crippen LogP contribution in [-0.4, -0.2) is 4.98 Å². The molecule has 0 saturated heterocycles. The maximum Gasteiger partial charge on any atom is 0.266 e. The molecule has 0 unspecified atom stereocenters. The average molecular weight is 222 g/mol. The van der Waals surface area contributed by atoms with Gasteiger partial charge in [-0.15, -0.1) is 0 Å². The first-order valence-corrected chi connectivity index (χ1v) is 3.81. The van der Waals surface area contributed by atoms with Crippen molar-refractivity contribution in [2.45, 2.75) is 13.3 Å². The van der Waals surface area contributed by atoms with Crippen LogP contribution in [0.25, 0.3) is 0 Å². The Kier molecular flexibility index (Phi) is 2.54.